The number of hydrogen-bond acceptors (Lipinski definition) is 3. The molecule has 13 heavy (non-hydrogen) atoms. The highest BCUT2D eigenvalue weighted by atomic mass is 16.5. The molecule has 4 heteroatoms. The van der Waals surface area contributed by atoms with Crippen LogP contribution in [0.4, 0.5) is 0 Å². The molecule has 0 bridgehead atoms. The van der Waals surface area contributed by atoms with E-state index in [0.29, 0.717) is 6.61 Å². The van der Waals surface area contributed by atoms with Crippen molar-refractivity contribution < 1.29 is 14.3 Å². The molecule has 2 atom stereocenters. The quantitative estimate of drug-likeness (QED) is 0.659. The first-order chi connectivity index (χ1) is 5.99. The third-order valence-electron chi connectivity index (χ3n) is 1.84. The lowest BCUT2D eigenvalue weighted by molar-refractivity contribution is -0.148. The van der Waals surface area contributed by atoms with Crippen molar-refractivity contribution in [1.82, 2.24) is 5.32 Å². The summed E-state index contributed by atoms with van der Waals surface area (Å²) in [7, 11) is 0. The lowest BCUT2D eigenvalue weighted by Gasteiger charge is -2.18. The Morgan fingerprint density at radius 2 is 1.92 bits per heavy atom. The van der Waals surface area contributed by atoms with Crippen molar-refractivity contribution in [2.75, 3.05) is 6.61 Å². The number of carbonyl (C=O) groups is 2. The van der Waals surface area contributed by atoms with E-state index in [9.17, 15) is 9.59 Å². The predicted octanol–water partition coefficient (Wildman–Crippen LogP) is 0.710. The Morgan fingerprint density at radius 3 is 2.31 bits per heavy atom. The van der Waals surface area contributed by atoms with Crippen molar-refractivity contribution in [3.8, 4) is 0 Å². The van der Waals surface area contributed by atoms with E-state index in [4.69, 9.17) is 4.74 Å². The van der Waals surface area contributed by atoms with Crippen LogP contribution in [0, 0.1) is 5.92 Å². The van der Waals surface area contributed by atoms with Gasteiger partial charge in [-0.2, -0.15) is 0 Å². The Morgan fingerprint density at radius 1 is 1.38 bits per heavy atom. The summed E-state index contributed by atoms with van der Waals surface area (Å²) in [4.78, 5) is 21.9. The normalized spacial score (nSPS) is 14.5. The van der Waals surface area contributed by atoms with E-state index in [2.05, 4.69) is 5.32 Å². The molecule has 0 fully saturated rings. The van der Waals surface area contributed by atoms with E-state index < -0.39 is 0 Å². The molecule has 4 nitrogen and oxygen atoms in total. The second kappa shape index (κ2) is 5.56. The molecule has 0 saturated heterocycles. The van der Waals surface area contributed by atoms with Crippen LogP contribution in [0.15, 0.2) is 0 Å². The monoisotopic (exact) mass is 187 g/mol. The maximum Gasteiger partial charge on any atom is 0.310 e. The molecule has 76 valence electrons. The molecular weight excluding hydrogens is 170 g/mol. The molecule has 0 aromatic rings. The third kappa shape index (κ3) is 4.50. The highest BCUT2D eigenvalue weighted by molar-refractivity contribution is 5.76. The zero-order valence-electron chi connectivity index (χ0n) is 8.59. The van der Waals surface area contributed by atoms with Gasteiger partial charge in [0, 0.05) is 13.0 Å². The summed E-state index contributed by atoms with van der Waals surface area (Å²) in [6.07, 6.45) is 0. The van der Waals surface area contributed by atoms with Crippen molar-refractivity contribution in [2.45, 2.75) is 33.7 Å². The van der Waals surface area contributed by atoms with Gasteiger partial charge in [0.1, 0.15) is 0 Å². The predicted molar refractivity (Wildman–Crippen MR) is 49.1 cm³/mol. The van der Waals surface area contributed by atoms with Crippen LogP contribution in [0.5, 0.6) is 0 Å². The molecule has 0 aliphatic rings. The van der Waals surface area contributed by atoms with Crippen LogP contribution in [0.3, 0.4) is 0 Å². The first-order valence-electron chi connectivity index (χ1n) is 4.42. The van der Waals surface area contributed by atoms with Gasteiger partial charge >= 0.3 is 5.97 Å². The summed E-state index contributed by atoms with van der Waals surface area (Å²) in [5, 5.41) is 2.64. The van der Waals surface area contributed by atoms with Crippen LogP contribution < -0.4 is 5.32 Å². The lowest BCUT2D eigenvalue weighted by Crippen LogP contribution is -2.39. The standard InChI is InChI=1S/C9H17NO3/c1-5-13-9(12)6(2)7(3)10-8(4)11/h6-7H,5H2,1-4H3,(H,10,11). The molecule has 0 radical (unpaired) electrons. The van der Waals surface area contributed by atoms with Crippen LogP contribution in [-0.2, 0) is 14.3 Å². The zero-order valence-corrected chi connectivity index (χ0v) is 8.59. The fourth-order valence-corrected chi connectivity index (χ4v) is 0.923. The second-order valence-electron chi connectivity index (χ2n) is 3.03. The molecule has 0 aliphatic carbocycles. The van der Waals surface area contributed by atoms with Gasteiger partial charge in [-0.1, -0.05) is 0 Å². The molecule has 2 unspecified atom stereocenters. The van der Waals surface area contributed by atoms with Crippen LogP contribution >= 0.6 is 0 Å². The Kier molecular flexibility index (Phi) is 5.11. The Labute approximate surface area is 78.6 Å². The molecule has 0 saturated carbocycles. The number of carbonyl (C=O) groups excluding carboxylic acids is 2. The van der Waals surface area contributed by atoms with Gasteiger partial charge < -0.3 is 10.1 Å². The molecule has 1 amide bonds. The van der Waals surface area contributed by atoms with Gasteiger partial charge in [0.15, 0.2) is 0 Å². The lowest BCUT2D eigenvalue weighted by atomic mass is 10.0. The van der Waals surface area contributed by atoms with E-state index in [1.807, 2.05) is 0 Å². The highest BCUT2D eigenvalue weighted by Gasteiger charge is 2.21. The number of rotatable bonds is 4. The minimum atomic E-state index is -0.302. The average Bonchev–Trinajstić information content (AvgIpc) is 2.02. The summed E-state index contributed by atoms with van der Waals surface area (Å²) in [5.74, 6) is -0.712. The Bertz CT molecular complexity index is 191. The summed E-state index contributed by atoms with van der Waals surface area (Å²) >= 11 is 0. The maximum absolute atomic E-state index is 11.2. The number of hydrogen-bond donors (Lipinski definition) is 1. The van der Waals surface area contributed by atoms with E-state index in [1.54, 1.807) is 20.8 Å². The molecular formula is C9H17NO3. The Hall–Kier alpha value is -1.06. The minimum Gasteiger partial charge on any atom is -0.466 e. The van der Waals surface area contributed by atoms with Gasteiger partial charge in [-0.05, 0) is 20.8 Å². The number of ether oxygens (including phenoxy) is 1. The van der Waals surface area contributed by atoms with Gasteiger partial charge in [0.25, 0.3) is 0 Å². The molecule has 0 aromatic heterocycles. The molecule has 0 aliphatic heterocycles. The van der Waals surface area contributed by atoms with Crippen LogP contribution in [-0.4, -0.2) is 24.5 Å². The largest absolute Gasteiger partial charge is 0.466 e. The minimum absolute atomic E-state index is 0.136. The van der Waals surface area contributed by atoms with E-state index >= 15 is 0 Å². The van der Waals surface area contributed by atoms with Crippen LogP contribution in [0.1, 0.15) is 27.7 Å². The first-order valence-corrected chi connectivity index (χ1v) is 4.42. The van der Waals surface area contributed by atoms with Crippen molar-refractivity contribution in [1.29, 1.82) is 0 Å². The van der Waals surface area contributed by atoms with Crippen LogP contribution in [0.2, 0.25) is 0 Å². The van der Waals surface area contributed by atoms with Crippen molar-refractivity contribution in [3.63, 3.8) is 0 Å². The first kappa shape index (κ1) is 11.9. The zero-order chi connectivity index (χ0) is 10.4. The van der Waals surface area contributed by atoms with Gasteiger partial charge in [-0.15, -0.1) is 0 Å². The Balaban J connectivity index is 4.00. The van der Waals surface area contributed by atoms with Gasteiger partial charge in [-0.3, -0.25) is 9.59 Å². The van der Waals surface area contributed by atoms with Gasteiger partial charge in [0.2, 0.25) is 5.91 Å². The van der Waals surface area contributed by atoms with Crippen molar-refractivity contribution >= 4 is 11.9 Å². The average molecular weight is 187 g/mol. The van der Waals surface area contributed by atoms with E-state index in [-0.39, 0.29) is 23.8 Å². The van der Waals surface area contributed by atoms with Gasteiger partial charge in [0.05, 0.1) is 12.5 Å². The summed E-state index contributed by atoms with van der Waals surface area (Å²) < 4.78 is 4.82. The number of amides is 1. The van der Waals surface area contributed by atoms with Crippen molar-refractivity contribution in [3.05, 3.63) is 0 Å². The van der Waals surface area contributed by atoms with Crippen LogP contribution in [0.25, 0.3) is 0 Å². The maximum atomic E-state index is 11.2. The fraction of sp³-hybridized carbons (Fsp3) is 0.778. The van der Waals surface area contributed by atoms with E-state index in [1.165, 1.54) is 6.92 Å². The van der Waals surface area contributed by atoms with E-state index in [0.717, 1.165) is 0 Å². The third-order valence-corrected chi connectivity index (χ3v) is 1.84. The molecule has 0 rings (SSSR count). The molecule has 1 N–H and O–H groups in total. The number of esters is 1. The molecule has 0 aromatic carbocycles. The molecule has 0 spiro atoms. The second-order valence-corrected chi connectivity index (χ2v) is 3.03. The van der Waals surface area contributed by atoms with Crippen molar-refractivity contribution in [2.24, 2.45) is 5.92 Å². The summed E-state index contributed by atoms with van der Waals surface area (Å²) in [6, 6.07) is -0.184. The summed E-state index contributed by atoms with van der Waals surface area (Å²) in [6.45, 7) is 7.07. The SMILES string of the molecule is CCOC(=O)C(C)C(C)NC(C)=O. The topological polar surface area (TPSA) is 55.4 Å². The smallest absolute Gasteiger partial charge is 0.310 e. The highest BCUT2D eigenvalue weighted by Crippen LogP contribution is 2.04. The molecule has 0 heterocycles. The fourth-order valence-electron chi connectivity index (χ4n) is 0.923. The summed E-state index contributed by atoms with van der Waals surface area (Å²) in [5.41, 5.74) is 0. The van der Waals surface area contributed by atoms with Gasteiger partial charge in [-0.25, -0.2) is 0 Å². The number of nitrogens with one attached hydrogen (secondary N) is 1.